The predicted molar refractivity (Wildman–Crippen MR) is 90.3 cm³/mol. The highest BCUT2D eigenvalue weighted by Crippen LogP contribution is 2.30. The average molecular weight is 330 g/mol. The van der Waals surface area contributed by atoms with Gasteiger partial charge in [-0.25, -0.2) is 0 Å². The van der Waals surface area contributed by atoms with Crippen molar-refractivity contribution in [3.8, 4) is 0 Å². The molecule has 1 aliphatic rings. The molecule has 0 radical (unpaired) electrons. The summed E-state index contributed by atoms with van der Waals surface area (Å²) in [7, 11) is 0. The zero-order valence-electron chi connectivity index (χ0n) is 12.9. The molecule has 21 heavy (non-hydrogen) atoms. The van der Waals surface area contributed by atoms with Crippen LogP contribution in [0.15, 0.2) is 18.2 Å². The fourth-order valence-electron chi connectivity index (χ4n) is 3.02. The number of aliphatic hydroxyl groups is 1. The van der Waals surface area contributed by atoms with Crippen LogP contribution < -0.4 is 0 Å². The minimum Gasteiger partial charge on any atom is -0.391 e. The summed E-state index contributed by atoms with van der Waals surface area (Å²) >= 11 is 12.3. The third kappa shape index (κ3) is 4.13. The van der Waals surface area contributed by atoms with E-state index in [0.29, 0.717) is 16.5 Å². The van der Waals surface area contributed by atoms with Crippen LogP contribution in [0.1, 0.15) is 45.1 Å². The van der Waals surface area contributed by atoms with E-state index in [1.807, 2.05) is 12.1 Å². The van der Waals surface area contributed by atoms with Gasteiger partial charge in [0.2, 0.25) is 0 Å². The molecule has 2 rings (SSSR count). The van der Waals surface area contributed by atoms with Crippen molar-refractivity contribution in [1.82, 2.24) is 4.90 Å². The Kier molecular flexibility index (Phi) is 5.96. The van der Waals surface area contributed by atoms with Crippen molar-refractivity contribution in [2.24, 2.45) is 0 Å². The lowest BCUT2D eigenvalue weighted by molar-refractivity contribution is -0.00785. The third-order valence-corrected chi connectivity index (χ3v) is 5.54. The van der Waals surface area contributed by atoms with Crippen LogP contribution in [-0.4, -0.2) is 34.7 Å². The van der Waals surface area contributed by atoms with E-state index in [9.17, 15) is 5.11 Å². The van der Waals surface area contributed by atoms with Crippen LogP contribution in [0, 0.1) is 0 Å². The number of nitrogens with zero attached hydrogens (tertiary/aromatic N) is 1. The molecular formula is C17H25Cl2NO. The van der Waals surface area contributed by atoms with Gasteiger partial charge in [0.25, 0.3) is 0 Å². The first kappa shape index (κ1) is 17.1. The Morgan fingerprint density at radius 1 is 1.14 bits per heavy atom. The van der Waals surface area contributed by atoms with Crippen molar-refractivity contribution < 1.29 is 5.11 Å². The second-order valence-corrected chi connectivity index (χ2v) is 7.27. The first-order valence-corrected chi connectivity index (χ1v) is 8.54. The van der Waals surface area contributed by atoms with E-state index in [1.54, 1.807) is 6.07 Å². The SMILES string of the molecule is CC(C)(C(O)Cc1cccc(Cl)c1Cl)N1CCCCCC1. The van der Waals surface area contributed by atoms with Crippen molar-refractivity contribution >= 4 is 23.2 Å². The molecule has 4 heteroatoms. The van der Waals surface area contributed by atoms with Crippen molar-refractivity contribution in [3.05, 3.63) is 33.8 Å². The number of hydrogen-bond acceptors (Lipinski definition) is 2. The third-order valence-electron chi connectivity index (χ3n) is 4.68. The lowest BCUT2D eigenvalue weighted by atomic mass is 9.89. The second-order valence-electron chi connectivity index (χ2n) is 6.49. The maximum atomic E-state index is 10.7. The molecule has 1 N–H and O–H groups in total. The van der Waals surface area contributed by atoms with Gasteiger partial charge in [0.05, 0.1) is 16.1 Å². The quantitative estimate of drug-likeness (QED) is 0.875. The summed E-state index contributed by atoms with van der Waals surface area (Å²) in [6.45, 7) is 6.38. The smallest absolute Gasteiger partial charge is 0.0759 e. The fraction of sp³-hybridized carbons (Fsp3) is 0.647. The number of benzene rings is 1. The molecule has 1 atom stereocenters. The van der Waals surface area contributed by atoms with E-state index in [4.69, 9.17) is 23.2 Å². The Hall–Kier alpha value is -0.280. The largest absolute Gasteiger partial charge is 0.391 e. The van der Waals surface area contributed by atoms with Crippen molar-refractivity contribution in [1.29, 1.82) is 0 Å². The molecule has 0 amide bonds. The van der Waals surface area contributed by atoms with E-state index in [1.165, 1.54) is 25.7 Å². The second kappa shape index (κ2) is 7.32. The summed E-state index contributed by atoms with van der Waals surface area (Å²) in [4.78, 5) is 2.42. The summed E-state index contributed by atoms with van der Waals surface area (Å²) < 4.78 is 0. The normalized spacial score (nSPS) is 19.3. The summed E-state index contributed by atoms with van der Waals surface area (Å²) in [5, 5.41) is 11.9. The van der Waals surface area contributed by atoms with Gasteiger partial charge in [-0.3, -0.25) is 4.90 Å². The van der Waals surface area contributed by atoms with Crippen LogP contribution in [0.2, 0.25) is 10.0 Å². The molecule has 0 spiro atoms. The Morgan fingerprint density at radius 3 is 2.38 bits per heavy atom. The highest BCUT2D eigenvalue weighted by atomic mass is 35.5. The topological polar surface area (TPSA) is 23.5 Å². The molecule has 1 heterocycles. The van der Waals surface area contributed by atoms with Gasteiger partial charge in [0.1, 0.15) is 0 Å². The molecule has 0 aromatic heterocycles. The Labute approximate surface area is 138 Å². The monoisotopic (exact) mass is 329 g/mol. The minimum absolute atomic E-state index is 0.254. The molecule has 0 bridgehead atoms. The van der Waals surface area contributed by atoms with Crippen molar-refractivity contribution in [2.75, 3.05) is 13.1 Å². The first-order chi connectivity index (χ1) is 9.93. The molecule has 0 aliphatic carbocycles. The van der Waals surface area contributed by atoms with E-state index in [-0.39, 0.29) is 5.54 Å². The molecule has 1 aromatic rings. The molecule has 1 aliphatic heterocycles. The van der Waals surface area contributed by atoms with Gasteiger partial charge in [-0.1, -0.05) is 48.2 Å². The molecule has 1 aromatic carbocycles. The lowest BCUT2D eigenvalue weighted by Crippen LogP contribution is -2.53. The Balaban J connectivity index is 2.10. The Bertz CT molecular complexity index is 468. The van der Waals surface area contributed by atoms with Crippen molar-refractivity contribution in [2.45, 2.75) is 57.6 Å². The van der Waals surface area contributed by atoms with Crippen LogP contribution in [-0.2, 0) is 6.42 Å². The highest BCUT2D eigenvalue weighted by molar-refractivity contribution is 6.42. The molecule has 2 nitrogen and oxygen atoms in total. The number of aliphatic hydroxyl groups excluding tert-OH is 1. The first-order valence-electron chi connectivity index (χ1n) is 7.79. The highest BCUT2D eigenvalue weighted by Gasteiger charge is 2.34. The maximum Gasteiger partial charge on any atom is 0.0759 e. The van der Waals surface area contributed by atoms with E-state index in [0.717, 1.165) is 18.7 Å². The minimum atomic E-state index is -0.466. The zero-order valence-corrected chi connectivity index (χ0v) is 14.4. The van der Waals surface area contributed by atoms with Crippen LogP contribution in [0.5, 0.6) is 0 Å². The summed E-state index contributed by atoms with van der Waals surface area (Å²) in [5.41, 5.74) is 0.662. The predicted octanol–water partition coefficient (Wildman–Crippen LogP) is 4.55. The van der Waals surface area contributed by atoms with Gasteiger partial charge in [-0.2, -0.15) is 0 Å². The van der Waals surface area contributed by atoms with Gasteiger partial charge in [-0.05, 0) is 51.4 Å². The fourth-order valence-corrected chi connectivity index (χ4v) is 3.42. The van der Waals surface area contributed by atoms with Crippen molar-refractivity contribution in [3.63, 3.8) is 0 Å². The molecule has 1 fully saturated rings. The Morgan fingerprint density at radius 2 is 1.76 bits per heavy atom. The summed E-state index contributed by atoms with van der Waals surface area (Å²) in [5.74, 6) is 0. The van der Waals surface area contributed by atoms with Gasteiger partial charge < -0.3 is 5.11 Å². The van der Waals surface area contributed by atoms with Gasteiger partial charge >= 0.3 is 0 Å². The molecule has 118 valence electrons. The maximum absolute atomic E-state index is 10.7. The van der Waals surface area contributed by atoms with Crippen LogP contribution in [0.25, 0.3) is 0 Å². The molecular weight excluding hydrogens is 305 g/mol. The van der Waals surface area contributed by atoms with Crippen LogP contribution in [0.4, 0.5) is 0 Å². The van der Waals surface area contributed by atoms with Gasteiger partial charge in [-0.15, -0.1) is 0 Å². The van der Waals surface area contributed by atoms with Gasteiger partial charge in [0.15, 0.2) is 0 Å². The molecule has 0 saturated carbocycles. The zero-order chi connectivity index (χ0) is 15.5. The van der Waals surface area contributed by atoms with E-state index in [2.05, 4.69) is 18.7 Å². The summed E-state index contributed by atoms with van der Waals surface area (Å²) in [6.07, 6.45) is 5.09. The van der Waals surface area contributed by atoms with E-state index >= 15 is 0 Å². The number of hydrogen-bond donors (Lipinski definition) is 1. The number of halogens is 2. The van der Waals surface area contributed by atoms with E-state index < -0.39 is 6.10 Å². The van der Waals surface area contributed by atoms with Crippen LogP contribution >= 0.6 is 23.2 Å². The summed E-state index contributed by atoms with van der Waals surface area (Å²) in [6, 6.07) is 5.60. The average Bonchev–Trinajstić information content (AvgIpc) is 2.73. The number of likely N-dealkylation sites (tertiary alicyclic amines) is 1. The number of rotatable bonds is 4. The standard InChI is InChI=1S/C17H25Cl2NO/c1-17(2,20-10-5-3-4-6-11-20)15(21)12-13-8-7-9-14(18)16(13)19/h7-9,15,21H,3-6,10-12H2,1-2H3. The molecule has 1 saturated heterocycles. The van der Waals surface area contributed by atoms with Crippen LogP contribution in [0.3, 0.4) is 0 Å². The lowest BCUT2D eigenvalue weighted by Gasteiger charge is -2.41. The van der Waals surface area contributed by atoms with Gasteiger partial charge in [0, 0.05) is 12.0 Å². The molecule has 1 unspecified atom stereocenters.